The van der Waals surface area contributed by atoms with Crippen molar-refractivity contribution in [2.45, 2.75) is 6.42 Å². The van der Waals surface area contributed by atoms with Crippen molar-refractivity contribution in [3.63, 3.8) is 0 Å². The molecular weight excluding hydrogens is 220 g/mol. The molecule has 0 saturated carbocycles. The second kappa shape index (κ2) is 4.91. The number of aliphatic hydroxyl groups is 1. The highest BCUT2D eigenvalue weighted by atomic mass is 32.2. The van der Waals surface area contributed by atoms with Gasteiger partial charge in [0.05, 0.1) is 5.75 Å². The number of rotatable bonds is 5. The highest BCUT2D eigenvalue weighted by molar-refractivity contribution is 7.89. The minimum Gasteiger partial charge on any atom is -0.396 e. The molecule has 1 aliphatic rings. The molecule has 1 fully saturated rings. The number of sulfonamides is 1. The first-order valence-corrected chi connectivity index (χ1v) is 6.43. The Bertz CT molecular complexity index is 328. The van der Waals surface area contributed by atoms with Crippen LogP contribution in [0.25, 0.3) is 0 Å². The largest absolute Gasteiger partial charge is 0.396 e. The normalized spacial score (nSPS) is 22.4. The number of hydrogen-bond donors (Lipinski definition) is 2. The highest BCUT2D eigenvalue weighted by Gasteiger charge is 2.29. The lowest BCUT2D eigenvalue weighted by atomic mass is 10.1. The van der Waals surface area contributed by atoms with Gasteiger partial charge in [-0.1, -0.05) is 0 Å². The molecule has 1 saturated heterocycles. The summed E-state index contributed by atoms with van der Waals surface area (Å²) in [6, 6.07) is 0. The van der Waals surface area contributed by atoms with E-state index >= 15 is 0 Å². The van der Waals surface area contributed by atoms with Gasteiger partial charge in [-0.05, 0) is 7.05 Å². The van der Waals surface area contributed by atoms with Crippen molar-refractivity contribution in [1.29, 1.82) is 0 Å². The first-order valence-electron chi connectivity index (χ1n) is 4.78. The monoisotopic (exact) mass is 236 g/mol. The molecule has 1 rings (SSSR count). The standard InChI is InChI=1S/C8H16N2O4S/c1-9-15(13,14)3-2-10-5-7(6-11)4-8(10)12/h7,9,11H,2-6H2,1H3. The maximum atomic E-state index is 11.3. The summed E-state index contributed by atoms with van der Waals surface area (Å²) in [6.45, 7) is 0.619. The van der Waals surface area contributed by atoms with Gasteiger partial charge in [-0.2, -0.15) is 0 Å². The SMILES string of the molecule is CNS(=O)(=O)CCN1CC(CO)CC1=O. The lowest BCUT2D eigenvalue weighted by Crippen LogP contribution is -2.34. The number of likely N-dealkylation sites (tertiary alicyclic amines) is 1. The molecular formula is C8H16N2O4S. The highest BCUT2D eigenvalue weighted by Crippen LogP contribution is 2.16. The fourth-order valence-corrected chi connectivity index (χ4v) is 2.19. The van der Waals surface area contributed by atoms with E-state index in [4.69, 9.17) is 5.11 Å². The lowest BCUT2D eigenvalue weighted by Gasteiger charge is -2.15. The molecule has 1 atom stereocenters. The Morgan fingerprint density at radius 1 is 1.60 bits per heavy atom. The molecule has 0 bridgehead atoms. The van der Waals surface area contributed by atoms with Crippen LogP contribution in [0.2, 0.25) is 0 Å². The smallest absolute Gasteiger partial charge is 0.223 e. The molecule has 1 aliphatic heterocycles. The zero-order valence-corrected chi connectivity index (χ0v) is 9.46. The van der Waals surface area contributed by atoms with Gasteiger partial charge in [0.25, 0.3) is 0 Å². The van der Waals surface area contributed by atoms with Gasteiger partial charge in [-0.25, -0.2) is 13.1 Å². The first kappa shape index (κ1) is 12.4. The quantitative estimate of drug-likeness (QED) is 0.600. The van der Waals surface area contributed by atoms with Crippen LogP contribution in [0.5, 0.6) is 0 Å². The van der Waals surface area contributed by atoms with E-state index in [9.17, 15) is 13.2 Å². The summed E-state index contributed by atoms with van der Waals surface area (Å²) >= 11 is 0. The van der Waals surface area contributed by atoms with Crippen molar-refractivity contribution in [2.24, 2.45) is 5.92 Å². The van der Waals surface area contributed by atoms with Crippen LogP contribution in [0.3, 0.4) is 0 Å². The third-order valence-electron chi connectivity index (χ3n) is 2.49. The van der Waals surface area contributed by atoms with Crippen molar-refractivity contribution >= 4 is 15.9 Å². The molecule has 1 amide bonds. The Balaban J connectivity index is 2.44. The minimum atomic E-state index is -3.26. The van der Waals surface area contributed by atoms with E-state index in [1.54, 1.807) is 0 Å². The topological polar surface area (TPSA) is 86.7 Å². The molecule has 88 valence electrons. The number of carbonyl (C=O) groups excluding carboxylic acids is 1. The van der Waals surface area contributed by atoms with E-state index in [1.807, 2.05) is 0 Å². The number of hydrogen-bond acceptors (Lipinski definition) is 4. The van der Waals surface area contributed by atoms with Gasteiger partial charge >= 0.3 is 0 Å². The van der Waals surface area contributed by atoms with E-state index in [-0.39, 0.29) is 30.7 Å². The molecule has 1 unspecified atom stereocenters. The molecule has 0 spiro atoms. The van der Waals surface area contributed by atoms with Crippen LogP contribution in [0.15, 0.2) is 0 Å². The number of nitrogens with zero attached hydrogens (tertiary/aromatic N) is 1. The minimum absolute atomic E-state index is 0.0268. The van der Waals surface area contributed by atoms with E-state index in [0.29, 0.717) is 13.0 Å². The third-order valence-corrected chi connectivity index (χ3v) is 3.84. The van der Waals surface area contributed by atoms with Gasteiger partial charge in [0, 0.05) is 32.0 Å². The molecule has 0 aromatic rings. The summed E-state index contributed by atoms with van der Waals surface area (Å²) in [4.78, 5) is 12.8. The van der Waals surface area contributed by atoms with E-state index in [1.165, 1.54) is 11.9 Å². The molecule has 1 heterocycles. The van der Waals surface area contributed by atoms with Crippen LogP contribution in [0, 0.1) is 5.92 Å². The predicted octanol–water partition coefficient (Wildman–Crippen LogP) is -1.62. The van der Waals surface area contributed by atoms with Gasteiger partial charge in [-0.3, -0.25) is 4.79 Å². The van der Waals surface area contributed by atoms with Crippen LogP contribution in [0.1, 0.15) is 6.42 Å². The lowest BCUT2D eigenvalue weighted by molar-refractivity contribution is -0.127. The Hall–Kier alpha value is -0.660. The number of nitrogens with one attached hydrogen (secondary N) is 1. The van der Waals surface area contributed by atoms with Gasteiger partial charge in [-0.15, -0.1) is 0 Å². The van der Waals surface area contributed by atoms with Crippen LogP contribution >= 0.6 is 0 Å². The van der Waals surface area contributed by atoms with Crippen LogP contribution < -0.4 is 4.72 Å². The van der Waals surface area contributed by atoms with Crippen molar-refractivity contribution in [3.05, 3.63) is 0 Å². The van der Waals surface area contributed by atoms with Crippen molar-refractivity contribution < 1.29 is 18.3 Å². The summed E-state index contributed by atoms with van der Waals surface area (Å²) in [5.74, 6) is -0.219. The third kappa shape index (κ3) is 3.44. The average Bonchev–Trinajstić information content (AvgIpc) is 2.57. The average molecular weight is 236 g/mol. The van der Waals surface area contributed by atoms with E-state index in [2.05, 4.69) is 4.72 Å². The van der Waals surface area contributed by atoms with Crippen molar-refractivity contribution in [2.75, 3.05) is 32.5 Å². The zero-order chi connectivity index (χ0) is 11.5. The maximum absolute atomic E-state index is 11.3. The Morgan fingerprint density at radius 3 is 2.73 bits per heavy atom. The van der Waals surface area contributed by atoms with Gasteiger partial charge in [0.15, 0.2) is 0 Å². The fourth-order valence-electron chi connectivity index (χ4n) is 1.52. The summed E-state index contributed by atoms with van der Waals surface area (Å²) in [6.07, 6.45) is 0.316. The first-order chi connectivity index (χ1) is 6.98. The molecule has 0 aromatic heterocycles. The Labute approximate surface area is 89.3 Å². The van der Waals surface area contributed by atoms with E-state index < -0.39 is 10.0 Å². The summed E-state index contributed by atoms with van der Waals surface area (Å²) < 4.78 is 24.4. The molecule has 0 aromatic carbocycles. The molecule has 15 heavy (non-hydrogen) atoms. The molecule has 0 radical (unpaired) electrons. The second-order valence-electron chi connectivity index (χ2n) is 3.62. The van der Waals surface area contributed by atoms with E-state index in [0.717, 1.165) is 0 Å². The van der Waals surface area contributed by atoms with Crippen molar-refractivity contribution in [1.82, 2.24) is 9.62 Å². The summed E-state index contributed by atoms with van der Waals surface area (Å²) in [5, 5.41) is 8.87. The maximum Gasteiger partial charge on any atom is 0.223 e. The zero-order valence-electron chi connectivity index (χ0n) is 8.64. The summed E-state index contributed by atoms with van der Waals surface area (Å²) in [5.41, 5.74) is 0. The molecule has 7 heteroatoms. The van der Waals surface area contributed by atoms with Crippen LogP contribution in [-0.2, 0) is 14.8 Å². The second-order valence-corrected chi connectivity index (χ2v) is 5.66. The van der Waals surface area contributed by atoms with Crippen LogP contribution in [0.4, 0.5) is 0 Å². The van der Waals surface area contributed by atoms with Crippen LogP contribution in [-0.4, -0.2) is 56.8 Å². The molecule has 0 aliphatic carbocycles. The van der Waals surface area contributed by atoms with Gasteiger partial charge in [0.1, 0.15) is 0 Å². The Kier molecular flexibility index (Phi) is 4.06. The van der Waals surface area contributed by atoms with Crippen molar-refractivity contribution in [3.8, 4) is 0 Å². The Morgan fingerprint density at radius 2 is 2.27 bits per heavy atom. The number of aliphatic hydroxyl groups excluding tert-OH is 1. The molecule has 2 N–H and O–H groups in total. The number of carbonyl (C=O) groups is 1. The fraction of sp³-hybridized carbons (Fsp3) is 0.875. The van der Waals surface area contributed by atoms with Gasteiger partial charge in [0.2, 0.25) is 15.9 Å². The predicted molar refractivity (Wildman–Crippen MR) is 54.6 cm³/mol. The molecule has 6 nitrogen and oxygen atoms in total. The summed E-state index contributed by atoms with van der Waals surface area (Å²) in [7, 11) is -1.92. The van der Waals surface area contributed by atoms with Gasteiger partial charge < -0.3 is 10.0 Å². The number of amides is 1.